The Morgan fingerprint density at radius 2 is 1.62 bits per heavy atom. The van der Waals surface area contributed by atoms with Gasteiger partial charge in [-0.2, -0.15) is 17.5 Å². The van der Waals surface area contributed by atoms with Crippen LogP contribution < -0.4 is 5.32 Å². The molecule has 0 atom stereocenters. The van der Waals surface area contributed by atoms with Crippen molar-refractivity contribution in [2.24, 2.45) is 0 Å². The summed E-state index contributed by atoms with van der Waals surface area (Å²) >= 11 is 3.29. The van der Waals surface area contributed by atoms with Crippen molar-refractivity contribution in [3.05, 3.63) is 93.7 Å². The van der Waals surface area contributed by atoms with Gasteiger partial charge in [-0.25, -0.2) is 12.8 Å². The summed E-state index contributed by atoms with van der Waals surface area (Å²) in [4.78, 5) is 12.6. The zero-order chi connectivity index (χ0) is 25.1. The van der Waals surface area contributed by atoms with Crippen LogP contribution in [0.1, 0.15) is 16.7 Å². The van der Waals surface area contributed by atoms with E-state index in [4.69, 9.17) is 0 Å². The molecule has 180 valence electrons. The smallest absolute Gasteiger partial charge is 0.325 e. The van der Waals surface area contributed by atoms with Gasteiger partial charge in [0.15, 0.2) is 0 Å². The van der Waals surface area contributed by atoms with E-state index in [1.54, 1.807) is 43.3 Å². The fraction of sp³-hybridized carbons (Fsp3) is 0.174. The van der Waals surface area contributed by atoms with E-state index in [9.17, 15) is 30.8 Å². The number of anilines is 1. The van der Waals surface area contributed by atoms with Crippen molar-refractivity contribution in [3.8, 4) is 0 Å². The van der Waals surface area contributed by atoms with Gasteiger partial charge in [0.1, 0.15) is 5.82 Å². The minimum absolute atomic E-state index is 0.0378. The third-order valence-electron chi connectivity index (χ3n) is 4.81. The van der Waals surface area contributed by atoms with Crippen LogP contribution in [0.2, 0.25) is 0 Å². The van der Waals surface area contributed by atoms with Crippen molar-refractivity contribution >= 4 is 37.5 Å². The van der Waals surface area contributed by atoms with Crippen LogP contribution in [0.5, 0.6) is 0 Å². The molecule has 0 aliphatic rings. The van der Waals surface area contributed by atoms with Crippen molar-refractivity contribution in [3.63, 3.8) is 0 Å². The number of sulfonamides is 1. The van der Waals surface area contributed by atoms with Crippen molar-refractivity contribution in [1.82, 2.24) is 4.31 Å². The van der Waals surface area contributed by atoms with Crippen LogP contribution in [-0.2, 0) is 27.5 Å². The summed E-state index contributed by atoms with van der Waals surface area (Å²) in [5.74, 6) is -2.36. The summed E-state index contributed by atoms with van der Waals surface area (Å²) < 4.78 is 80.7. The molecule has 0 aliphatic heterocycles. The van der Waals surface area contributed by atoms with Crippen LogP contribution in [0.4, 0.5) is 23.2 Å². The molecule has 11 heteroatoms. The summed E-state index contributed by atoms with van der Waals surface area (Å²) in [7, 11) is -4.13. The highest BCUT2D eigenvalue weighted by Gasteiger charge is 2.34. The van der Waals surface area contributed by atoms with Gasteiger partial charge in [-0.05, 0) is 55.0 Å². The monoisotopic (exact) mass is 558 g/mol. The highest BCUT2D eigenvalue weighted by Crippen LogP contribution is 2.33. The van der Waals surface area contributed by atoms with Crippen molar-refractivity contribution in [2.45, 2.75) is 24.5 Å². The van der Waals surface area contributed by atoms with Gasteiger partial charge in [0.25, 0.3) is 0 Å². The Morgan fingerprint density at radius 3 is 2.21 bits per heavy atom. The van der Waals surface area contributed by atoms with E-state index in [2.05, 4.69) is 21.2 Å². The molecule has 0 bridgehead atoms. The third kappa shape index (κ3) is 6.43. The average Bonchev–Trinajstić information content (AvgIpc) is 2.75. The minimum Gasteiger partial charge on any atom is -0.325 e. The Kier molecular flexibility index (Phi) is 7.79. The Hall–Kier alpha value is -2.76. The van der Waals surface area contributed by atoms with E-state index < -0.39 is 40.0 Å². The number of carbonyl (C=O) groups excluding carboxylic acids is 1. The molecule has 3 aromatic rings. The predicted molar refractivity (Wildman–Crippen MR) is 123 cm³/mol. The molecule has 0 aromatic heterocycles. The molecule has 0 saturated heterocycles. The van der Waals surface area contributed by atoms with Gasteiger partial charge in [-0.1, -0.05) is 45.8 Å². The number of nitrogens with one attached hydrogen (secondary N) is 1. The fourth-order valence-corrected chi connectivity index (χ4v) is 4.71. The summed E-state index contributed by atoms with van der Waals surface area (Å²) in [6.45, 7) is 0.959. The first-order chi connectivity index (χ1) is 15.9. The zero-order valence-electron chi connectivity index (χ0n) is 17.7. The molecule has 1 N–H and O–H groups in total. The lowest BCUT2D eigenvalue weighted by Gasteiger charge is -2.22. The molecular weight excluding hydrogens is 540 g/mol. The second kappa shape index (κ2) is 10.2. The summed E-state index contributed by atoms with van der Waals surface area (Å²) in [6, 6.07) is 14.8. The van der Waals surface area contributed by atoms with Gasteiger partial charge < -0.3 is 5.32 Å². The Bertz CT molecular complexity index is 1280. The van der Waals surface area contributed by atoms with Gasteiger partial charge >= 0.3 is 6.18 Å². The molecule has 0 fully saturated rings. The van der Waals surface area contributed by atoms with Crippen LogP contribution in [0.3, 0.4) is 0 Å². The highest BCUT2D eigenvalue weighted by atomic mass is 79.9. The number of hydrogen-bond donors (Lipinski definition) is 1. The first-order valence-electron chi connectivity index (χ1n) is 9.84. The van der Waals surface area contributed by atoms with Crippen LogP contribution in [0, 0.1) is 12.7 Å². The number of rotatable bonds is 7. The van der Waals surface area contributed by atoms with E-state index in [-0.39, 0.29) is 17.1 Å². The Labute approximate surface area is 202 Å². The zero-order valence-corrected chi connectivity index (χ0v) is 20.1. The van der Waals surface area contributed by atoms with E-state index in [1.165, 1.54) is 12.1 Å². The molecule has 5 nitrogen and oxygen atoms in total. The molecule has 0 unspecified atom stereocenters. The summed E-state index contributed by atoms with van der Waals surface area (Å²) in [6.07, 6.45) is -4.95. The van der Waals surface area contributed by atoms with Gasteiger partial charge in [-0.3, -0.25) is 4.79 Å². The molecule has 0 saturated carbocycles. The molecule has 0 spiro atoms. The predicted octanol–water partition coefficient (Wildman–Crippen LogP) is 5.75. The Balaban J connectivity index is 1.88. The van der Waals surface area contributed by atoms with Crippen LogP contribution >= 0.6 is 15.9 Å². The number of carbonyl (C=O) groups is 1. The normalized spacial score (nSPS) is 12.1. The largest absolute Gasteiger partial charge is 0.419 e. The number of nitrogens with zero attached hydrogens (tertiary/aromatic N) is 1. The second-order valence-corrected chi connectivity index (χ2v) is 10.3. The first-order valence-corrected chi connectivity index (χ1v) is 12.1. The molecule has 3 aromatic carbocycles. The number of amides is 1. The maximum Gasteiger partial charge on any atom is 0.419 e. The fourth-order valence-electron chi connectivity index (χ4n) is 3.06. The van der Waals surface area contributed by atoms with Gasteiger partial charge in [0.2, 0.25) is 15.9 Å². The van der Waals surface area contributed by atoms with Crippen molar-refractivity contribution in [1.29, 1.82) is 0 Å². The first kappa shape index (κ1) is 25.9. The SMILES string of the molecule is Cc1ccc(S(=O)(=O)N(CC(=O)Nc2ccc(F)c(C(F)(F)F)c2)Cc2ccc(Br)cc2)cc1. The van der Waals surface area contributed by atoms with E-state index in [0.29, 0.717) is 17.7 Å². The lowest BCUT2D eigenvalue weighted by molar-refractivity contribution is -0.140. The number of alkyl halides is 3. The van der Waals surface area contributed by atoms with Gasteiger partial charge in [0, 0.05) is 16.7 Å². The molecule has 34 heavy (non-hydrogen) atoms. The summed E-state index contributed by atoms with van der Waals surface area (Å²) in [5.41, 5.74) is -0.417. The van der Waals surface area contributed by atoms with E-state index in [0.717, 1.165) is 20.4 Å². The number of aryl methyl sites for hydroxylation is 1. The maximum atomic E-state index is 13.5. The highest BCUT2D eigenvalue weighted by molar-refractivity contribution is 9.10. The Morgan fingerprint density at radius 1 is 1.00 bits per heavy atom. The topological polar surface area (TPSA) is 66.5 Å². The van der Waals surface area contributed by atoms with Gasteiger partial charge in [-0.15, -0.1) is 0 Å². The molecule has 1 amide bonds. The lowest BCUT2D eigenvalue weighted by atomic mass is 10.2. The quantitative estimate of drug-likeness (QED) is 0.376. The molecule has 3 rings (SSSR count). The van der Waals surface area contributed by atoms with Crippen molar-refractivity contribution in [2.75, 3.05) is 11.9 Å². The van der Waals surface area contributed by atoms with E-state index >= 15 is 0 Å². The number of hydrogen-bond acceptors (Lipinski definition) is 3. The van der Waals surface area contributed by atoms with E-state index in [1.807, 2.05) is 0 Å². The third-order valence-corrected chi connectivity index (χ3v) is 7.14. The second-order valence-electron chi connectivity index (χ2n) is 7.45. The van der Waals surface area contributed by atoms with Crippen LogP contribution in [0.25, 0.3) is 0 Å². The van der Waals surface area contributed by atoms with Gasteiger partial charge in [0.05, 0.1) is 17.0 Å². The molecular formula is C23H19BrF4N2O3S. The maximum absolute atomic E-state index is 13.5. The minimum atomic E-state index is -4.95. The lowest BCUT2D eigenvalue weighted by Crippen LogP contribution is -2.37. The molecule has 0 aliphatic carbocycles. The van der Waals surface area contributed by atoms with Crippen LogP contribution in [0.15, 0.2) is 76.1 Å². The van der Waals surface area contributed by atoms with Crippen LogP contribution in [-0.4, -0.2) is 25.2 Å². The number of benzene rings is 3. The van der Waals surface area contributed by atoms with Crippen molar-refractivity contribution < 1.29 is 30.8 Å². The average molecular weight is 559 g/mol. The summed E-state index contributed by atoms with van der Waals surface area (Å²) in [5, 5.41) is 2.22. The molecule has 0 radical (unpaired) electrons. The standard InChI is InChI=1S/C23H19BrF4N2O3S/c1-15-2-9-19(10-3-15)34(32,33)30(13-16-4-6-17(24)7-5-16)14-22(31)29-18-8-11-21(25)20(12-18)23(26,27)28/h2-12H,13-14H2,1H3,(H,29,31). The molecule has 0 heterocycles. The number of halogens is 5.